The zero-order chi connectivity index (χ0) is 21.1. The summed E-state index contributed by atoms with van der Waals surface area (Å²) in [5.41, 5.74) is 3.04. The number of hydrogen-bond donors (Lipinski definition) is 1. The Labute approximate surface area is 174 Å². The number of benzene rings is 2. The van der Waals surface area contributed by atoms with Crippen LogP contribution in [0.5, 0.6) is 5.75 Å². The van der Waals surface area contributed by atoms with Gasteiger partial charge < -0.3 is 10.1 Å². The predicted octanol–water partition coefficient (Wildman–Crippen LogP) is 3.57. The van der Waals surface area contributed by atoms with E-state index in [1.807, 2.05) is 61.5 Å². The topological polar surface area (TPSA) is 81.4 Å². The molecule has 0 spiro atoms. The number of nitrogens with zero attached hydrogens (tertiary/aromatic N) is 4. The lowest BCUT2D eigenvalue weighted by Crippen LogP contribution is -2.46. The van der Waals surface area contributed by atoms with E-state index in [0.29, 0.717) is 18.1 Å². The first-order valence-electron chi connectivity index (χ1n) is 9.70. The molecule has 0 aliphatic rings. The summed E-state index contributed by atoms with van der Waals surface area (Å²) in [5.74, 6) is 1.05. The summed E-state index contributed by atoms with van der Waals surface area (Å²) in [5, 5.41) is 7.17. The molecule has 0 fully saturated rings. The van der Waals surface area contributed by atoms with E-state index in [-0.39, 0.29) is 5.91 Å². The zero-order valence-corrected chi connectivity index (χ0v) is 17.2. The Hall–Kier alpha value is -3.74. The summed E-state index contributed by atoms with van der Waals surface area (Å²) in [4.78, 5) is 20.9. The van der Waals surface area contributed by atoms with Crippen molar-refractivity contribution in [3.63, 3.8) is 0 Å². The largest absolute Gasteiger partial charge is 0.478 e. The Bertz CT molecular complexity index is 1160. The van der Waals surface area contributed by atoms with Crippen molar-refractivity contribution in [1.29, 1.82) is 0 Å². The molecule has 0 aliphatic heterocycles. The lowest BCUT2D eigenvalue weighted by molar-refractivity contribution is -0.134. The van der Waals surface area contributed by atoms with Crippen LogP contribution in [0.2, 0.25) is 0 Å². The summed E-state index contributed by atoms with van der Waals surface area (Å²) in [6.07, 6.45) is 3.19. The lowest BCUT2D eigenvalue weighted by Gasteiger charge is -2.25. The number of fused-ring (bicyclic) bond motifs is 1. The van der Waals surface area contributed by atoms with Crippen molar-refractivity contribution < 1.29 is 9.53 Å². The number of ether oxygens (including phenoxy) is 1. The maximum atomic E-state index is 12.7. The molecule has 0 aliphatic carbocycles. The molecule has 1 amide bonds. The fourth-order valence-corrected chi connectivity index (χ4v) is 3.09. The van der Waals surface area contributed by atoms with Crippen molar-refractivity contribution in [2.75, 3.05) is 0 Å². The molecule has 152 valence electrons. The van der Waals surface area contributed by atoms with Crippen molar-refractivity contribution in [3.05, 3.63) is 78.2 Å². The minimum atomic E-state index is -0.981. The number of carbonyl (C=O) groups excluding carboxylic acids is 1. The van der Waals surface area contributed by atoms with Crippen LogP contribution >= 0.6 is 0 Å². The highest BCUT2D eigenvalue weighted by atomic mass is 16.5. The molecule has 0 saturated heterocycles. The van der Waals surface area contributed by atoms with Gasteiger partial charge >= 0.3 is 0 Å². The molecule has 0 atom stereocenters. The number of aromatic nitrogens is 4. The molecule has 2 heterocycles. The van der Waals surface area contributed by atoms with Crippen LogP contribution in [0.4, 0.5) is 0 Å². The van der Waals surface area contributed by atoms with E-state index in [1.165, 1.54) is 6.33 Å². The van der Waals surface area contributed by atoms with Crippen molar-refractivity contribution in [2.45, 2.75) is 32.9 Å². The molecule has 2 aromatic carbocycles. The predicted molar refractivity (Wildman–Crippen MR) is 114 cm³/mol. The minimum Gasteiger partial charge on any atom is -0.478 e. The summed E-state index contributed by atoms with van der Waals surface area (Å²) in [6.45, 7) is 5.95. The van der Waals surface area contributed by atoms with Crippen LogP contribution < -0.4 is 10.1 Å². The standard InChI is InChI=1S/C23H23N5O2/c1-16-4-10-19(11-5-16)30-23(2,3)21(29)25-14-17-6-8-18(9-7-17)20-12-13-24-22-26-15-27-28(20)22/h4-13,15H,14H2,1-3H3,(H,25,29). The molecule has 4 aromatic rings. The molecule has 0 bridgehead atoms. The number of aryl methyl sites for hydroxylation is 1. The Morgan fingerprint density at radius 1 is 1.03 bits per heavy atom. The molecule has 4 rings (SSSR count). The van der Waals surface area contributed by atoms with Gasteiger partial charge in [-0.1, -0.05) is 42.0 Å². The van der Waals surface area contributed by atoms with Gasteiger partial charge in [-0.25, -0.2) is 4.98 Å². The van der Waals surface area contributed by atoms with Gasteiger partial charge in [-0.3, -0.25) is 4.79 Å². The normalized spacial score (nSPS) is 11.4. The number of hydrogen-bond acceptors (Lipinski definition) is 5. The number of carbonyl (C=O) groups is 1. The van der Waals surface area contributed by atoms with Gasteiger partial charge in [-0.2, -0.15) is 14.6 Å². The average molecular weight is 401 g/mol. The highest BCUT2D eigenvalue weighted by molar-refractivity contribution is 5.84. The molecule has 7 nitrogen and oxygen atoms in total. The Morgan fingerprint density at radius 2 is 1.77 bits per heavy atom. The van der Waals surface area contributed by atoms with E-state index >= 15 is 0 Å². The van der Waals surface area contributed by atoms with Crippen LogP contribution in [-0.2, 0) is 11.3 Å². The smallest absolute Gasteiger partial charge is 0.263 e. The molecular weight excluding hydrogens is 378 g/mol. The van der Waals surface area contributed by atoms with E-state index in [1.54, 1.807) is 24.6 Å². The second-order valence-corrected chi connectivity index (χ2v) is 7.61. The zero-order valence-electron chi connectivity index (χ0n) is 17.2. The molecule has 7 heteroatoms. The maximum Gasteiger partial charge on any atom is 0.263 e. The van der Waals surface area contributed by atoms with Crippen molar-refractivity contribution in [2.24, 2.45) is 0 Å². The monoisotopic (exact) mass is 401 g/mol. The van der Waals surface area contributed by atoms with Crippen LogP contribution in [0.3, 0.4) is 0 Å². The number of rotatable bonds is 6. The summed E-state index contributed by atoms with van der Waals surface area (Å²) < 4.78 is 7.58. The van der Waals surface area contributed by atoms with Crippen LogP contribution in [0.15, 0.2) is 67.1 Å². The van der Waals surface area contributed by atoms with Gasteiger partial charge in [0.15, 0.2) is 5.60 Å². The first kappa shape index (κ1) is 19.6. The summed E-state index contributed by atoms with van der Waals surface area (Å²) >= 11 is 0. The van der Waals surface area contributed by atoms with Crippen molar-refractivity contribution >= 4 is 11.7 Å². The molecular formula is C23H23N5O2. The molecule has 0 saturated carbocycles. The van der Waals surface area contributed by atoms with Gasteiger partial charge in [0.1, 0.15) is 12.1 Å². The number of amides is 1. The van der Waals surface area contributed by atoms with E-state index < -0.39 is 5.60 Å². The SMILES string of the molecule is Cc1ccc(OC(C)(C)C(=O)NCc2ccc(-c3ccnc4ncnn34)cc2)cc1. The van der Waals surface area contributed by atoms with Crippen LogP contribution in [0.25, 0.3) is 17.0 Å². The Kier molecular flexibility index (Phi) is 5.18. The molecule has 30 heavy (non-hydrogen) atoms. The first-order chi connectivity index (χ1) is 14.4. The first-order valence-corrected chi connectivity index (χ1v) is 9.70. The summed E-state index contributed by atoms with van der Waals surface area (Å²) in [7, 11) is 0. The van der Waals surface area contributed by atoms with E-state index in [0.717, 1.165) is 22.4 Å². The fraction of sp³-hybridized carbons (Fsp3) is 0.217. The van der Waals surface area contributed by atoms with Crippen LogP contribution in [-0.4, -0.2) is 31.1 Å². The van der Waals surface area contributed by atoms with Gasteiger partial charge in [0.05, 0.1) is 5.69 Å². The van der Waals surface area contributed by atoms with Crippen molar-refractivity contribution in [3.8, 4) is 17.0 Å². The maximum absolute atomic E-state index is 12.7. The van der Waals surface area contributed by atoms with Crippen LogP contribution in [0, 0.1) is 6.92 Å². The third-order valence-electron chi connectivity index (χ3n) is 4.82. The average Bonchev–Trinajstić information content (AvgIpc) is 3.23. The molecule has 0 radical (unpaired) electrons. The van der Waals surface area contributed by atoms with Crippen molar-refractivity contribution in [1.82, 2.24) is 24.9 Å². The minimum absolute atomic E-state index is 0.175. The molecule has 0 unspecified atom stereocenters. The van der Waals surface area contributed by atoms with E-state index in [2.05, 4.69) is 20.4 Å². The Morgan fingerprint density at radius 3 is 2.50 bits per heavy atom. The fourth-order valence-electron chi connectivity index (χ4n) is 3.09. The number of nitrogens with one attached hydrogen (secondary N) is 1. The highest BCUT2D eigenvalue weighted by Crippen LogP contribution is 2.21. The third kappa shape index (κ3) is 4.15. The quantitative estimate of drug-likeness (QED) is 0.534. The third-order valence-corrected chi connectivity index (χ3v) is 4.82. The molecule has 1 N–H and O–H groups in total. The van der Waals surface area contributed by atoms with E-state index in [9.17, 15) is 4.79 Å². The van der Waals surface area contributed by atoms with Crippen LogP contribution in [0.1, 0.15) is 25.0 Å². The van der Waals surface area contributed by atoms with Gasteiger partial charge in [-0.05, 0) is 44.5 Å². The molecule has 2 aromatic heterocycles. The van der Waals surface area contributed by atoms with Gasteiger partial charge in [-0.15, -0.1) is 0 Å². The van der Waals surface area contributed by atoms with Gasteiger partial charge in [0, 0.05) is 18.3 Å². The second-order valence-electron chi connectivity index (χ2n) is 7.61. The Balaban J connectivity index is 1.40. The van der Waals surface area contributed by atoms with Gasteiger partial charge in [0.25, 0.3) is 11.7 Å². The lowest BCUT2D eigenvalue weighted by atomic mass is 10.1. The highest BCUT2D eigenvalue weighted by Gasteiger charge is 2.29. The van der Waals surface area contributed by atoms with E-state index in [4.69, 9.17) is 4.74 Å². The second kappa shape index (κ2) is 7.94. The van der Waals surface area contributed by atoms with Gasteiger partial charge in [0.2, 0.25) is 0 Å². The summed E-state index contributed by atoms with van der Waals surface area (Å²) in [6, 6.07) is 17.5.